The summed E-state index contributed by atoms with van der Waals surface area (Å²) in [6, 6.07) is 5.47. The van der Waals surface area contributed by atoms with Gasteiger partial charge in [-0.15, -0.1) is 0 Å². The molecular formula is C37H50Cl3N5O8. The second kappa shape index (κ2) is 18.1. The van der Waals surface area contributed by atoms with Gasteiger partial charge < -0.3 is 24.8 Å². The number of alkyl halides is 3. The monoisotopic (exact) mass is 797 g/mol. The van der Waals surface area contributed by atoms with Crippen LogP contribution >= 0.6 is 34.8 Å². The fraction of sp³-hybridized carbons (Fsp3) is 0.568. The molecule has 0 unspecified atom stereocenters. The summed E-state index contributed by atoms with van der Waals surface area (Å²) in [5.74, 6) is -2.90. The number of alkyl carbamates (subject to hydrolysis) is 1. The SMILES string of the molecule is CC(C)[C@H](OC(=O)C(C)(C)/C=C/c1cc2cc([C@@H](C)NC(=O)OC(C)(C)C)ccc2cn1)C(=O)N[C@@H](C)C(=O)N1CCC[C@@H](C(=O)OCC(Cl)(Cl)Cl)N1. The Kier molecular flexibility index (Phi) is 15.0. The number of hydrogen-bond donors (Lipinski definition) is 3. The summed E-state index contributed by atoms with van der Waals surface area (Å²) in [5, 5.41) is 8.50. The molecule has 1 aliphatic rings. The molecule has 0 bridgehead atoms. The number of pyridine rings is 1. The number of nitrogens with zero attached hydrogens (tertiary/aromatic N) is 2. The van der Waals surface area contributed by atoms with Crippen molar-refractivity contribution in [2.75, 3.05) is 13.2 Å². The minimum Gasteiger partial charge on any atom is -0.460 e. The number of fused-ring (bicyclic) bond motifs is 1. The predicted octanol–water partition coefficient (Wildman–Crippen LogP) is 6.34. The Bertz CT molecular complexity index is 1690. The number of amides is 3. The number of benzene rings is 1. The number of ether oxygens (including phenoxy) is 3. The number of esters is 2. The Morgan fingerprint density at radius 1 is 1.00 bits per heavy atom. The molecule has 2 heterocycles. The number of nitrogens with one attached hydrogen (secondary N) is 3. The minimum absolute atomic E-state index is 0.286. The van der Waals surface area contributed by atoms with Gasteiger partial charge in [0, 0.05) is 18.1 Å². The van der Waals surface area contributed by atoms with Gasteiger partial charge in [-0.05, 0) is 96.4 Å². The van der Waals surface area contributed by atoms with Gasteiger partial charge in [-0.2, -0.15) is 0 Å². The van der Waals surface area contributed by atoms with Crippen LogP contribution in [0.2, 0.25) is 0 Å². The molecule has 1 aromatic heterocycles. The van der Waals surface area contributed by atoms with Crippen LogP contribution in [0.25, 0.3) is 16.8 Å². The smallest absolute Gasteiger partial charge is 0.408 e. The average molecular weight is 799 g/mol. The molecule has 4 atom stereocenters. The van der Waals surface area contributed by atoms with E-state index in [1.165, 1.54) is 11.9 Å². The van der Waals surface area contributed by atoms with Crippen LogP contribution in [0.1, 0.15) is 92.5 Å². The Hall–Kier alpha value is -3.65. The number of carbonyl (C=O) groups is 5. The molecule has 1 aromatic carbocycles. The first-order chi connectivity index (χ1) is 24.5. The molecule has 292 valence electrons. The largest absolute Gasteiger partial charge is 0.460 e. The maximum Gasteiger partial charge on any atom is 0.408 e. The molecule has 1 aliphatic heterocycles. The Balaban J connectivity index is 1.63. The Morgan fingerprint density at radius 2 is 1.68 bits per heavy atom. The number of hydrazine groups is 1. The zero-order valence-electron chi connectivity index (χ0n) is 31.6. The van der Waals surface area contributed by atoms with Crippen LogP contribution in [-0.4, -0.2) is 80.6 Å². The fourth-order valence-corrected chi connectivity index (χ4v) is 5.35. The van der Waals surface area contributed by atoms with Gasteiger partial charge in [-0.3, -0.25) is 29.2 Å². The summed E-state index contributed by atoms with van der Waals surface area (Å²) in [5.41, 5.74) is 2.50. The summed E-state index contributed by atoms with van der Waals surface area (Å²) >= 11 is 17.0. The van der Waals surface area contributed by atoms with E-state index in [4.69, 9.17) is 49.0 Å². The van der Waals surface area contributed by atoms with Crippen LogP contribution in [0.4, 0.5) is 4.79 Å². The van der Waals surface area contributed by atoms with Crippen LogP contribution in [0.3, 0.4) is 0 Å². The quantitative estimate of drug-likeness (QED) is 0.125. The summed E-state index contributed by atoms with van der Waals surface area (Å²) in [4.78, 5) is 69.2. The van der Waals surface area contributed by atoms with Crippen LogP contribution in [0, 0.1) is 11.3 Å². The number of halogens is 3. The molecule has 2 aromatic rings. The van der Waals surface area contributed by atoms with E-state index in [1.54, 1.807) is 66.8 Å². The summed E-state index contributed by atoms with van der Waals surface area (Å²) in [6.07, 6.45) is 4.25. The first-order valence-electron chi connectivity index (χ1n) is 17.4. The standard InChI is InChI=1S/C37H50Cl3N5O8/c1-21(2)29(30(46)42-23(4)31(47)45-16-10-11-28(44-45)32(48)51-20-37(38,39)40)52-33(49)36(8,9)15-14-27-18-26-17-24(12-13-25(26)19-41-27)22(3)43-34(50)53-35(5,6)7/h12-15,17-19,21-23,28-29,44H,10-11,16,20H2,1-9H3,(H,42,46)(H,43,50)/b15-14+/t22-,23+,28+,29+/m1/s1. The van der Waals surface area contributed by atoms with Gasteiger partial charge in [0.15, 0.2) is 6.10 Å². The van der Waals surface area contributed by atoms with Crippen molar-refractivity contribution in [3.05, 3.63) is 47.8 Å². The summed E-state index contributed by atoms with van der Waals surface area (Å²) < 4.78 is 14.4. The lowest BCUT2D eigenvalue weighted by Crippen LogP contribution is -2.60. The lowest BCUT2D eigenvalue weighted by Gasteiger charge is -2.34. The van der Waals surface area contributed by atoms with Crippen molar-refractivity contribution in [1.29, 1.82) is 0 Å². The zero-order chi connectivity index (χ0) is 39.9. The molecule has 0 aliphatic carbocycles. The first-order valence-corrected chi connectivity index (χ1v) is 18.5. The van der Waals surface area contributed by atoms with Gasteiger partial charge >= 0.3 is 18.0 Å². The highest BCUT2D eigenvalue weighted by Crippen LogP contribution is 2.27. The van der Waals surface area contributed by atoms with E-state index in [0.29, 0.717) is 18.5 Å². The van der Waals surface area contributed by atoms with Crippen molar-refractivity contribution in [2.45, 2.75) is 109 Å². The minimum atomic E-state index is -1.77. The zero-order valence-corrected chi connectivity index (χ0v) is 33.8. The molecule has 16 heteroatoms. The van der Waals surface area contributed by atoms with Crippen molar-refractivity contribution < 1.29 is 38.2 Å². The molecule has 0 radical (unpaired) electrons. The second-order valence-corrected chi connectivity index (χ2v) is 17.5. The highest BCUT2D eigenvalue weighted by molar-refractivity contribution is 6.67. The molecule has 0 saturated carbocycles. The average Bonchev–Trinajstić information content (AvgIpc) is 3.06. The number of rotatable bonds is 12. The van der Waals surface area contributed by atoms with Gasteiger partial charge in [-0.1, -0.05) is 66.9 Å². The van der Waals surface area contributed by atoms with Gasteiger partial charge in [0.1, 0.15) is 24.3 Å². The van der Waals surface area contributed by atoms with E-state index in [2.05, 4.69) is 21.0 Å². The van der Waals surface area contributed by atoms with Crippen molar-refractivity contribution in [1.82, 2.24) is 26.1 Å². The van der Waals surface area contributed by atoms with E-state index in [1.807, 2.05) is 31.2 Å². The molecule has 0 spiro atoms. The third kappa shape index (κ3) is 13.6. The van der Waals surface area contributed by atoms with Gasteiger partial charge in [0.05, 0.1) is 17.2 Å². The molecular weight excluding hydrogens is 749 g/mol. The normalized spacial score (nSPS) is 17.2. The van der Waals surface area contributed by atoms with Crippen LogP contribution in [0.15, 0.2) is 36.5 Å². The predicted molar refractivity (Wildman–Crippen MR) is 204 cm³/mol. The van der Waals surface area contributed by atoms with Crippen molar-refractivity contribution in [2.24, 2.45) is 11.3 Å². The molecule has 1 saturated heterocycles. The van der Waals surface area contributed by atoms with Gasteiger partial charge in [0.2, 0.25) is 3.79 Å². The molecule has 13 nitrogen and oxygen atoms in total. The van der Waals surface area contributed by atoms with E-state index in [0.717, 1.165) is 16.3 Å². The van der Waals surface area contributed by atoms with Crippen molar-refractivity contribution >= 4 is 81.5 Å². The van der Waals surface area contributed by atoms with Crippen LogP contribution in [-0.2, 0) is 33.4 Å². The number of hydrogen-bond acceptors (Lipinski definition) is 10. The summed E-state index contributed by atoms with van der Waals surface area (Å²) in [6.45, 7) is 15.4. The summed E-state index contributed by atoms with van der Waals surface area (Å²) in [7, 11) is 0. The third-order valence-electron chi connectivity index (χ3n) is 8.14. The highest BCUT2D eigenvalue weighted by atomic mass is 35.6. The maximum absolute atomic E-state index is 13.4. The van der Waals surface area contributed by atoms with Gasteiger partial charge in [0.25, 0.3) is 11.8 Å². The second-order valence-electron chi connectivity index (χ2n) is 15.0. The number of aromatic nitrogens is 1. The van der Waals surface area contributed by atoms with Gasteiger partial charge in [-0.25, -0.2) is 10.2 Å². The molecule has 1 fully saturated rings. The lowest BCUT2D eigenvalue weighted by molar-refractivity contribution is -0.165. The van der Waals surface area contributed by atoms with E-state index in [-0.39, 0.29) is 12.6 Å². The van der Waals surface area contributed by atoms with Crippen molar-refractivity contribution in [3.63, 3.8) is 0 Å². The van der Waals surface area contributed by atoms with E-state index >= 15 is 0 Å². The molecule has 3 rings (SSSR count). The topological polar surface area (TPSA) is 165 Å². The van der Waals surface area contributed by atoms with E-state index < -0.39 is 75.4 Å². The third-order valence-corrected chi connectivity index (χ3v) is 8.47. The van der Waals surface area contributed by atoms with Crippen LogP contribution in [0.5, 0.6) is 0 Å². The molecule has 53 heavy (non-hydrogen) atoms. The number of carbonyl (C=O) groups excluding carboxylic acids is 5. The molecule has 3 N–H and O–H groups in total. The first kappa shape index (κ1) is 43.8. The van der Waals surface area contributed by atoms with Crippen LogP contribution < -0.4 is 16.1 Å². The maximum atomic E-state index is 13.4. The Labute approximate surface area is 325 Å². The van der Waals surface area contributed by atoms with E-state index in [9.17, 15) is 24.0 Å². The highest BCUT2D eigenvalue weighted by Gasteiger charge is 2.37. The molecule has 3 amide bonds. The Morgan fingerprint density at radius 3 is 2.30 bits per heavy atom. The lowest BCUT2D eigenvalue weighted by atomic mass is 9.92. The van der Waals surface area contributed by atoms with Crippen molar-refractivity contribution in [3.8, 4) is 0 Å². The fourth-order valence-electron chi connectivity index (χ4n) is 5.19.